The van der Waals surface area contributed by atoms with Crippen LogP contribution in [0.3, 0.4) is 0 Å². The Morgan fingerprint density at radius 3 is 2.54 bits per heavy atom. The highest BCUT2D eigenvalue weighted by atomic mass is 19.4. The summed E-state index contributed by atoms with van der Waals surface area (Å²) in [4.78, 5) is 11.3. The van der Waals surface area contributed by atoms with Gasteiger partial charge in [0.25, 0.3) is 0 Å². The first-order valence-electron chi connectivity index (χ1n) is 8.48. The van der Waals surface area contributed by atoms with Gasteiger partial charge in [-0.2, -0.15) is 13.2 Å². The lowest BCUT2D eigenvalue weighted by Crippen LogP contribution is -2.41. The minimum atomic E-state index is -4.86. The fourth-order valence-electron chi connectivity index (χ4n) is 3.88. The van der Waals surface area contributed by atoms with E-state index in [1.165, 1.54) is 18.2 Å². The summed E-state index contributed by atoms with van der Waals surface area (Å²) in [6.45, 7) is 0.280. The van der Waals surface area contributed by atoms with Crippen LogP contribution in [0.4, 0.5) is 13.2 Å². The maximum Gasteiger partial charge on any atom is 0.425 e. The zero-order chi connectivity index (χ0) is 18.5. The minimum Gasteiger partial charge on any atom is -0.493 e. The van der Waals surface area contributed by atoms with Crippen molar-refractivity contribution in [2.75, 3.05) is 6.61 Å². The maximum absolute atomic E-state index is 13.8. The normalized spacial score (nSPS) is 24.5. The van der Waals surface area contributed by atoms with Crippen molar-refractivity contribution in [3.8, 4) is 16.9 Å². The fourth-order valence-corrected chi connectivity index (χ4v) is 3.88. The second-order valence-electron chi connectivity index (χ2n) is 6.92. The Morgan fingerprint density at radius 2 is 1.85 bits per heavy atom. The molecule has 4 rings (SSSR count). The predicted octanol–water partition coefficient (Wildman–Crippen LogP) is 4.21. The first kappa shape index (κ1) is 17.1. The third-order valence-electron chi connectivity index (χ3n) is 5.23. The fraction of sp³-hybridized carbons (Fsp3) is 0.350. The summed E-state index contributed by atoms with van der Waals surface area (Å²) in [7, 11) is 0. The third kappa shape index (κ3) is 2.51. The molecule has 1 saturated carbocycles. The van der Waals surface area contributed by atoms with Crippen LogP contribution in [0.2, 0.25) is 0 Å². The highest BCUT2D eigenvalue weighted by Gasteiger charge is 2.60. The van der Waals surface area contributed by atoms with E-state index >= 15 is 0 Å². The Morgan fingerprint density at radius 1 is 1.12 bits per heavy atom. The van der Waals surface area contributed by atoms with Crippen LogP contribution < -0.4 is 4.74 Å². The van der Waals surface area contributed by atoms with Crippen molar-refractivity contribution in [3.63, 3.8) is 0 Å². The Bertz CT molecular complexity index is 875. The quantitative estimate of drug-likeness (QED) is 0.890. The molecule has 2 atom stereocenters. The molecule has 1 unspecified atom stereocenters. The van der Waals surface area contributed by atoms with E-state index in [4.69, 9.17) is 4.74 Å². The van der Waals surface area contributed by atoms with Gasteiger partial charge >= 0.3 is 6.18 Å². The summed E-state index contributed by atoms with van der Waals surface area (Å²) in [6.07, 6.45) is -3.14. The number of Topliss-reactive ketones (excluding diaryl/α,β-unsaturated/α-hetero) is 1. The number of rotatable bonds is 3. The van der Waals surface area contributed by atoms with Gasteiger partial charge in [-0.25, -0.2) is 0 Å². The van der Waals surface area contributed by atoms with Gasteiger partial charge in [-0.3, -0.25) is 4.79 Å². The highest BCUT2D eigenvalue weighted by molar-refractivity contribution is 5.81. The number of fused-ring (bicyclic) bond motifs is 3. The molecule has 2 aromatic carbocycles. The second kappa shape index (κ2) is 5.84. The van der Waals surface area contributed by atoms with Gasteiger partial charge in [0.05, 0.1) is 6.61 Å². The first-order valence-corrected chi connectivity index (χ1v) is 8.48. The molecule has 0 aromatic heterocycles. The lowest BCUT2D eigenvalue weighted by Gasteiger charge is -2.28. The van der Waals surface area contributed by atoms with Crippen molar-refractivity contribution in [1.82, 2.24) is 0 Å². The van der Waals surface area contributed by atoms with Crippen molar-refractivity contribution in [2.24, 2.45) is 5.92 Å². The Labute approximate surface area is 148 Å². The summed E-state index contributed by atoms with van der Waals surface area (Å²) in [5, 5.41) is 10.6. The highest BCUT2D eigenvalue weighted by Crippen LogP contribution is 2.55. The number of ketones is 1. The average Bonchev–Trinajstić information content (AvgIpc) is 3.13. The van der Waals surface area contributed by atoms with Crippen LogP contribution in [0.5, 0.6) is 5.75 Å². The number of halogens is 3. The number of carbonyl (C=O) groups is 1. The molecule has 0 amide bonds. The van der Waals surface area contributed by atoms with Gasteiger partial charge in [0.15, 0.2) is 0 Å². The van der Waals surface area contributed by atoms with E-state index in [-0.39, 0.29) is 35.2 Å². The summed E-state index contributed by atoms with van der Waals surface area (Å²) < 4.78 is 47.0. The van der Waals surface area contributed by atoms with Crippen LogP contribution in [0.15, 0.2) is 42.5 Å². The van der Waals surface area contributed by atoms with Gasteiger partial charge in [-0.15, -0.1) is 0 Å². The lowest BCUT2D eigenvalue weighted by atomic mass is 9.90. The number of hydrogen-bond donors (Lipinski definition) is 1. The van der Waals surface area contributed by atoms with Crippen LogP contribution in [0.25, 0.3) is 11.1 Å². The molecule has 1 N–H and O–H groups in total. The van der Waals surface area contributed by atoms with E-state index in [1.807, 2.05) is 0 Å². The SMILES string of the molecule is O=C1CC[C@H](COc2ccc3c(c2)C(O)(C(F)(F)F)c2ccccc2-3)C1. The molecule has 0 radical (unpaired) electrons. The molecule has 0 saturated heterocycles. The molecule has 2 aliphatic rings. The predicted molar refractivity (Wildman–Crippen MR) is 88.8 cm³/mol. The van der Waals surface area contributed by atoms with Gasteiger partial charge in [-0.1, -0.05) is 30.3 Å². The van der Waals surface area contributed by atoms with E-state index in [0.717, 1.165) is 6.42 Å². The zero-order valence-electron chi connectivity index (χ0n) is 13.8. The van der Waals surface area contributed by atoms with Crippen molar-refractivity contribution in [1.29, 1.82) is 0 Å². The molecule has 0 heterocycles. The van der Waals surface area contributed by atoms with E-state index in [1.54, 1.807) is 24.3 Å². The molecule has 2 aliphatic carbocycles. The largest absolute Gasteiger partial charge is 0.493 e. The molecule has 136 valence electrons. The number of alkyl halides is 3. The van der Waals surface area contributed by atoms with Gasteiger partial charge in [0.1, 0.15) is 11.5 Å². The monoisotopic (exact) mass is 362 g/mol. The minimum absolute atomic E-state index is 0.0921. The number of carbonyl (C=O) groups excluding carboxylic acids is 1. The van der Waals surface area contributed by atoms with Crippen molar-refractivity contribution >= 4 is 5.78 Å². The van der Waals surface area contributed by atoms with Crippen LogP contribution >= 0.6 is 0 Å². The van der Waals surface area contributed by atoms with E-state index in [2.05, 4.69) is 0 Å². The molecule has 2 aromatic rings. The first-order chi connectivity index (χ1) is 12.3. The van der Waals surface area contributed by atoms with Gasteiger partial charge in [0, 0.05) is 29.9 Å². The molecule has 6 heteroatoms. The molecular formula is C20H17F3O3. The van der Waals surface area contributed by atoms with Gasteiger partial charge in [-0.05, 0) is 29.7 Å². The van der Waals surface area contributed by atoms with Crippen molar-refractivity contribution in [2.45, 2.75) is 31.0 Å². The number of hydrogen-bond acceptors (Lipinski definition) is 3. The van der Waals surface area contributed by atoms with Crippen molar-refractivity contribution < 1.29 is 27.8 Å². The topological polar surface area (TPSA) is 46.5 Å². The summed E-state index contributed by atoms with van der Waals surface area (Å²) in [5.74, 6) is 0.544. The molecule has 1 fully saturated rings. The Kier molecular flexibility index (Phi) is 3.84. The van der Waals surface area contributed by atoms with E-state index < -0.39 is 11.8 Å². The Hall–Kier alpha value is -2.34. The van der Waals surface area contributed by atoms with Gasteiger partial charge in [0.2, 0.25) is 5.60 Å². The van der Waals surface area contributed by atoms with Crippen molar-refractivity contribution in [3.05, 3.63) is 53.6 Å². The zero-order valence-corrected chi connectivity index (χ0v) is 13.8. The molecular weight excluding hydrogens is 345 g/mol. The van der Waals surface area contributed by atoms with E-state index in [0.29, 0.717) is 24.0 Å². The Balaban J connectivity index is 1.69. The third-order valence-corrected chi connectivity index (χ3v) is 5.23. The van der Waals surface area contributed by atoms with E-state index in [9.17, 15) is 23.1 Å². The summed E-state index contributed by atoms with van der Waals surface area (Å²) in [5.41, 5.74) is -2.71. The lowest BCUT2D eigenvalue weighted by molar-refractivity contribution is -0.246. The number of ether oxygens (including phenoxy) is 1. The van der Waals surface area contributed by atoms with Gasteiger partial charge < -0.3 is 9.84 Å². The van der Waals surface area contributed by atoms with Crippen LogP contribution in [-0.2, 0) is 10.4 Å². The standard InChI is InChI=1S/C20H17F3O3/c21-20(22,23)19(25)17-4-2-1-3-15(17)16-8-7-14(10-18(16)19)26-11-12-5-6-13(24)9-12/h1-4,7-8,10,12,25H,5-6,9,11H2/t12-,19?/m0/s1. The summed E-state index contributed by atoms with van der Waals surface area (Å²) in [6, 6.07) is 10.4. The van der Waals surface area contributed by atoms with Crippen LogP contribution in [-0.4, -0.2) is 23.7 Å². The summed E-state index contributed by atoms with van der Waals surface area (Å²) >= 11 is 0. The molecule has 0 bridgehead atoms. The van der Waals surface area contributed by atoms with Crippen LogP contribution in [0, 0.1) is 5.92 Å². The number of aliphatic hydroxyl groups is 1. The maximum atomic E-state index is 13.8. The average molecular weight is 362 g/mol. The smallest absolute Gasteiger partial charge is 0.425 e. The number of benzene rings is 2. The van der Waals surface area contributed by atoms with Crippen LogP contribution in [0.1, 0.15) is 30.4 Å². The second-order valence-corrected chi connectivity index (χ2v) is 6.92. The molecule has 26 heavy (non-hydrogen) atoms. The molecule has 0 aliphatic heterocycles. The molecule has 0 spiro atoms. The molecule has 3 nitrogen and oxygen atoms in total.